The second-order valence-corrected chi connectivity index (χ2v) is 15.4. The van der Waals surface area contributed by atoms with Crippen molar-refractivity contribution in [1.82, 2.24) is 15.0 Å². The van der Waals surface area contributed by atoms with Gasteiger partial charge < -0.3 is 4.74 Å². The standard InChI is InChI=1S/C56H35N3O/c1-4-17-36(18-5-1)39-32-33-42(54-41(39)25-16-34-57-54)40-23-14-28-46-52(40)53-43(55-58-48(37-19-6-2-7-20-37)35-49(59-55)38-21-8-3-9-22-38)24-15-29-47(53)56(46)44-26-10-12-30-50(44)60-51-31-13-11-27-45(51)56/h1-35H. The lowest BCUT2D eigenvalue weighted by atomic mass is 9.66. The van der Waals surface area contributed by atoms with Crippen molar-refractivity contribution in [2.75, 3.05) is 0 Å². The van der Waals surface area contributed by atoms with Gasteiger partial charge in [0.25, 0.3) is 0 Å². The molecule has 0 saturated carbocycles. The van der Waals surface area contributed by atoms with E-state index in [4.69, 9.17) is 19.7 Å². The van der Waals surface area contributed by atoms with Crippen LogP contribution in [0.1, 0.15) is 22.3 Å². The maximum Gasteiger partial charge on any atom is 0.161 e. The number of pyridine rings is 1. The van der Waals surface area contributed by atoms with E-state index >= 15 is 0 Å². The van der Waals surface area contributed by atoms with Crippen LogP contribution in [0.4, 0.5) is 0 Å². The fourth-order valence-electron chi connectivity index (χ4n) is 9.74. The zero-order valence-corrected chi connectivity index (χ0v) is 32.5. The summed E-state index contributed by atoms with van der Waals surface area (Å²) in [5, 5.41) is 1.10. The molecule has 4 heteroatoms. The van der Waals surface area contributed by atoms with Crippen LogP contribution in [-0.4, -0.2) is 15.0 Å². The molecular formula is C56H35N3O. The van der Waals surface area contributed by atoms with Crippen LogP contribution >= 0.6 is 0 Å². The summed E-state index contributed by atoms with van der Waals surface area (Å²) in [6.07, 6.45) is 1.91. The Morgan fingerprint density at radius 1 is 0.367 bits per heavy atom. The van der Waals surface area contributed by atoms with Gasteiger partial charge in [-0.25, -0.2) is 9.97 Å². The number of hydrogen-bond acceptors (Lipinski definition) is 4. The SMILES string of the molecule is c1ccc(-c2cc(-c3ccccc3)nc(-c3cccc4c3-c3c(-c5ccc(-c6ccccc6)c6cccnc56)cccc3C43c4ccccc4Oc4ccccc43)n2)cc1. The van der Waals surface area contributed by atoms with Crippen molar-refractivity contribution in [2.45, 2.75) is 5.41 Å². The molecule has 0 radical (unpaired) electrons. The van der Waals surface area contributed by atoms with Gasteiger partial charge >= 0.3 is 0 Å². The summed E-state index contributed by atoms with van der Waals surface area (Å²) in [5.41, 5.74) is 16.3. The first-order valence-corrected chi connectivity index (χ1v) is 20.4. The number of benzene rings is 8. The largest absolute Gasteiger partial charge is 0.457 e. The lowest BCUT2D eigenvalue weighted by Crippen LogP contribution is -2.32. The molecule has 0 atom stereocenters. The van der Waals surface area contributed by atoms with Gasteiger partial charge in [0.15, 0.2) is 5.82 Å². The highest BCUT2D eigenvalue weighted by Gasteiger charge is 2.52. The molecule has 0 bridgehead atoms. The third kappa shape index (κ3) is 5.07. The van der Waals surface area contributed by atoms with E-state index in [0.29, 0.717) is 5.82 Å². The van der Waals surface area contributed by atoms with Crippen LogP contribution in [-0.2, 0) is 5.41 Å². The summed E-state index contributed by atoms with van der Waals surface area (Å²) in [4.78, 5) is 16.0. The van der Waals surface area contributed by atoms with Crippen LogP contribution in [0.3, 0.4) is 0 Å². The fraction of sp³-hybridized carbons (Fsp3) is 0.0179. The van der Waals surface area contributed by atoms with Gasteiger partial charge in [-0.2, -0.15) is 0 Å². The monoisotopic (exact) mass is 765 g/mol. The van der Waals surface area contributed by atoms with E-state index in [1.807, 2.05) is 24.4 Å². The third-order valence-corrected chi connectivity index (χ3v) is 12.2. The molecule has 1 aliphatic carbocycles. The van der Waals surface area contributed by atoms with Crippen LogP contribution < -0.4 is 4.74 Å². The number of rotatable bonds is 5. The predicted molar refractivity (Wildman–Crippen MR) is 242 cm³/mol. The zero-order chi connectivity index (χ0) is 39.6. The fourth-order valence-corrected chi connectivity index (χ4v) is 9.74. The van der Waals surface area contributed by atoms with Crippen molar-refractivity contribution < 1.29 is 4.74 Å². The van der Waals surface area contributed by atoms with Crippen molar-refractivity contribution >= 4 is 10.9 Å². The molecule has 0 N–H and O–H groups in total. The molecular weight excluding hydrogens is 731 g/mol. The Bertz CT molecular complexity index is 3190. The topological polar surface area (TPSA) is 47.9 Å². The maximum atomic E-state index is 6.73. The molecule has 60 heavy (non-hydrogen) atoms. The summed E-state index contributed by atoms with van der Waals surface area (Å²) < 4.78 is 6.73. The number of aromatic nitrogens is 3. The van der Waals surface area contributed by atoms with Crippen LogP contribution in [0.25, 0.3) is 78.2 Å². The summed E-state index contributed by atoms with van der Waals surface area (Å²) in [6, 6.07) is 72.7. The average Bonchev–Trinajstić information content (AvgIpc) is 3.63. The molecule has 280 valence electrons. The first-order chi connectivity index (χ1) is 29.8. The minimum Gasteiger partial charge on any atom is -0.457 e. The molecule has 2 aliphatic rings. The molecule has 12 rings (SSSR count). The van der Waals surface area contributed by atoms with Crippen molar-refractivity contribution in [2.24, 2.45) is 0 Å². The van der Waals surface area contributed by atoms with Gasteiger partial charge in [-0.3, -0.25) is 4.98 Å². The highest BCUT2D eigenvalue weighted by molar-refractivity contribution is 6.08. The van der Waals surface area contributed by atoms with Crippen LogP contribution in [0.15, 0.2) is 212 Å². The quantitative estimate of drug-likeness (QED) is 0.175. The van der Waals surface area contributed by atoms with Gasteiger partial charge in [0.05, 0.1) is 22.3 Å². The number of hydrogen-bond donors (Lipinski definition) is 0. The molecule has 8 aromatic carbocycles. The van der Waals surface area contributed by atoms with Crippen LogP contribution in [0.2, 0.25) is 0 Å². The Kier molecular flexibility index (Phi) is 7.72. The number of fused-ring (bicyclic) bond motifs is 10. The highest BCUT2D eigenvalue weighted by Crippen LogP contribution is 2.64. The summed E-state index contributed by atoms with van der Waals surface area (Å²) in [5.74, 6) is 2.36. The van der Waals surface area contributed by atoms with E-state index < -0.39 is 5.41 Å². The van der Waals surface area contributed by atoms with Crippen molar-refractivity contribution in [3.05, 3.63) is 235 Å². The molecule has 4 nitrogen and oxygen atoms in total. The Labute approximate surface area is 348 Å². The summed E-state index contributed by atoms with van der Waals surface area (Å²) >= 11 is 0. The van der Waals surface area contributed by atoms with Gasteiger partial charge in [-0.15, -0.1) is 0 Å². The van der Waals surface area contributed by atoms with E-state index in [2.05, 4.69) is 188 Å². The Balaban J connectivity index is 1.21. The Hall–Kier alpha value is -7.95. The van der Waals surface area contributed by atoms with Crippen molar-refractivity contribution in [3.8, 4) is 78.8 Å². The van der Waals surface area contributed by atoms with Crippen molar-refractivity contribution in [1.29, 1.82) is 0 Å². The molecule has 0 fully saturated rings. The summed E-state index contributed by atoms with van der Waals surface area (Å²) in [7, 11) is 0. The third-order valence-electron chi connectivity index (χ3n) is 12.2. The number of nitrogens with zero attached hydrogens (tertiary/aromatic N) is 3. The van der Waals surface area contributed by atoms with Crippen LogP contribution in [0, 0.1) is 0 Å². The number of para-hydroxylation sites is 2. The molecule has 0 amide bonds. The average molecular weight is 766 g/mol. The van der Waals surface area contributed by atoms with Crippen LogP contribution in [0.5, 0.6) is 11.5 Å². The molecule has 2 aromatic heterocycles. The highest BCUT2D eigenvalue weighted by atomic mass is 16.5. The van der Waals surface area contributed by atoms with Gasteiger partial charge in [0.2, 0.25) is 0 Å². The van der Waals surface area contributed by atoms with E-state index in [1.54, 1.807) is 0 Å². The smallest absolute Gasteiger partial charge is 0.161 e. The van der Waals surface area contributed by atoms with E-state index in [-0.39, 0.29) is 0 Å². The van der Waals surface area contributed by atoms with Gasteiger partial charge in [-0.1, -0.05) is 182 Å². The van der Waals surface area contributed by atoms with E-state index in [9.17, 15) is 0 Å². The Morgan fingerprint density at radius 2 is 0.867 bits per heavy atom. The van der Waals surface area contributed by atoms with Gasteiger partial charge in [0.1, 0.15) is 11.5 Å². The molecule has 3 heterocycles. The van der Waals surface area contributed by atoms with Gasteiger partial charge in [0, 0.05) is 45.0 Å². The minimum atomic E-state index is -0.700. The molecule has 1 aliphatic heterocycles. The normalized spacial score (nSPS) is 12.9. The summed E-state index contributed by atoms with van der Waals surface area (Å²) in [6.45, 7) is 0. The lowest BCUT2D eigenvalue weighted by molar-refractivity contribution is 0.436. The Morgan fingerprint density at radius 3 is 1.48 bits per heavy atom. The first kappa shape index (κ1) is 34.1. The molecule has 0 unspecified atom stereocenters. The van der Waals surface area contributed by atoms with E-state index in [1.165, 1.54) is 11.1 Å². The first-order valence-electron chi connectivity index (χ1n) is 20.4. The van der Waals surface area contributed by atoms with E-state index in [0.717, 1.165) is 95.0 Å². The maximum absolute atomic E-state index is 6.73. The minimum absolute atomic E-state index is 0.667. The lowest BCUT2D eigenvalue weighted by Gasteiger charge is -2.39. The zero-order valence-electron chi connectivity index (χ0n) is 32.5. The molecule has 10 aromatic rings. The molecule has 0 saturated heterocycles. The van der Waals surface area contributed by atoms with Gasteiger partial charge in [-0.05, 0) is 63.2 Å². The number of ether oxygens (including phenoxy) is 1. The second-order valence-electron chi connectivity index (χ2n) is 15.4. The predicted octanol–water partition coefficient (Wildman–Crippen LogP) is 13.8. The molecule has 1 spiro atoms. The second kappa shape index (κ2) is 13.6. The van der Waals surface area contributed by atoms with Crippen molar-refractivity contribution in [3.63, 3.8) is 0 Å².